The molecule has 1 N–H and O–H groups in total. The zero-order valence-corrected chi connectivity index (χ0v) is 11.0. The van der Waals surface area contributed by atoms with Crippen LogP contribution in [0, 0.1) is 5.92 Å². The van der Waals surface area contributed by atoms with Crippen molar-refractivity contribution < 1.29 is 5.11 Å². The van der Waals surface area contributed by atoms with Gasteiger partial charge in [0.1, 0.15) is 5.15 Å². The van der Waals surface area contributed by atoms with E-state index in [0.29, 0.717) is 5.15 Å². The molecule has 0 atom stereocenters. The lowest BCUT2D eigenvalue weighted by Gasteiger charge is -2.20. The number of aliphatic hydroxyl groups excluding tert-OH is 1. The molecule has 90 valence electrons. The van der Waals surface area contributed by atoms with E-state index in [-0.39, 0.29) is 6.61 Å². The molecule has 1 fully saturated rings. The van der Waals surface area contributed by atoms with Crippen LogP contribution in [0.15, 0.2) is 0 Å². The zero-order valence-electron chi connectivity index (χ0n) is 9.45. The van der Waals surface area contributed by atoms with Crippen LogP contribution in [0.4, 0.5) is 5.13 Å². The summed E-state index contributed by atoms with van der Waals surface area (Å²) in [6.07, 6.45) is 3.79. The molecular formula is C11H17ClN2OS. The SMILES string of the molecule is CCCN(CC1CC1)c1nc(Cl)c(CO)s1. The predicted molar refractivity (Wildman–Crippen MR) is 68.3 cm³/mol. The molecule has 1 aromatic rings. The van der Waals surface area contributed by atoms with E-state index in [1.54, 1.807) is 0 Å². The minimum Gasteiger partial charge on any atom is -0.391 e. The highest BCUT2D eigenvalue weighted by atomic mass is 35.5. The Hall–Kier alpha value is -0.320. The third-order valence-electron chi connectivity index (χ3n) is 2.72. The van der Waals surface area contributed by atoms with Gasteiger partial charge in [0.15, 0.2) is 5.13 Å². The number of aromatic nitrogens is 1. The molecule has 0 aliphatic heterocycles. The van der Waals surface area contributed by atoms with Gasteiger partial charge in [0.25, 0.3) is 0 Å². The topological polar surface area (TPSA) is 36.4 Å². The minimum atomic E-state index is -0.0140. The summed E-state index contributed by atoms with van der Waals surface area (Å²) in [6.45, 7) is 4.26. The van der Waals surface area contributed by atoms with Gasteiger partial charge in [-0.15, -0.1) is 0 Å². The Labute approximate surface area is 105 Å². The zero-order chi connectivity index (χ0) is 11.5. The Morgan fingerprint density at radius 2 is 2.31 bits per heavy atom. The number of hydrogen-bond acceptors (Lipinski definition) is 4. The molecule has 0 saturated heterocycles. The van der Waals surface area contributed by atoms with Crippen LogP contribution in [0.5, 0.6) is 0 Å². The summed E-state index contributed by atoms with van der Waals surface area (Å²) in [5.41, 5.74) is 0. The second-order valence-corrected chi connectivity index (χ2v) is 5.68. The van der Waals surface area contributed by atoms with Crippen molar-refractivity contribution in [3.63, 3.8) is 0 Å². The maximum atomic E-state index is 9.11. The standard InChI is InChI=1S/C11H17ClN2OS/c1-2-5-14(6-8-3-4-8)11-13-10(12)9(7-15)16-11/h8,15H,2-7H2,1H3. The van der Waals surface area contributed by atoms with Gasteiger partial charge >= 0.3 is 0 Å². The van der Waals surface area contributed by atoms with Gasteiger partial charge in [0.05, 0.1) is 11.5 Å². The second-order valence-electron chi connectivity index (χ2n) is 4.26. The molecule has 0 aromatic carbocycles. The highest BCUT2D eigenvalue weighted by Gasteiger charge is 2.25. The van der Waals surface area contributed by atoms with Crippen molar-refractivity contribution in [2.75, 3.05) is 18.0 Å². The average Bonchev–Trinajstić information content (AvgIpc) is 3.00. The van der Waals surface area contributed by atoms with Crippen LogP contribution in [-0.2, 0) is 6.61 Å². The van der Waals surface area contributed by atoms with Crippen LogP contribution in [0.25, 0.3) is 0 Å². The van der Waals surface area contributed by atoms with Crippen molar-refractivity contribution in [3.05, 3.63) is 10.0 Å². The summed E-state index contributed by atoms with van der Waals surface area (Å²) < 4.78 is 0. The Balaban J connectivity index is 2.09. The van der Waals surface area contributed by atoms with E-state index in [9.17, 15) is 0 Å². The Morgan fingerprint density at radius 1 is 1.56 bits per heavy atom. The minimum absolute atomic E-state index is 0.0140. The molecule has 1 aromatic heterocycles. The largest absolute Gasteiger partial charge is 0.391 e. The van der Waals surface area contributed by atoms with Gasteiger partial charge in [-0.2, -0.15) is 0 Å². The molecule has 5 heteroatoms. The maximum Gasteiger partial charge on any atom is 0.187 e. The van der Waals surface area contributed by atoms with E-state index in [1.165, 1.54) is 24.2 Å². The van der Waals surface area contributed by atoms with E-state index in [4.69, 9.17) is 16.7 Å². The van der Waals surface area contributed by atoms with Gasteiger partial charge in [-0.05, 0) is 25.2 Å². The number of aliphatic hydroxyl groups is 1. The van der Waals surface area contributed by atoms with E-state index >= 15 is 0 Å². The molecule has 2 rings (SSSR count). The van der Waals surface area contributed by atoms with Crippen molar-refractivity contribution in [2.45, 2.75) is 32.8 Å². The van der Waals surface area contributed by atoms with Gasteiger partial charge in [0, 0.05) is 13.1 Å². The molecule has 1 aliphatic rings. The van der Waals surface area contributed by atoms with Crippen LogP contribution in [-0.4, -0.2) is 23.2 Å². The molecule has 1 heterocycles. The smallest absolute Gasteiger partial charge is 0.187 e. The highest BCUT2D eigenvalue weighted by molar-refractivity contribution is 7.16. The summed E-state index contributed by atoms with van der Waals surface area (Å²) in [5, 5.41) is 10.5. The van der Waals surface area contributed by atoms with Crippen LogP contribution >= 0.6 is 22.9 Å². The lowest BCUT2D eigenvalue weighted by atomic mass is 10.3. The summed E-state index contributed by atoms with van der Waals surface area (Å²) >= 11 is 7.46. The summed E-state index contributed by atoms with van der Waals surface area (Å²) in [5.74, 6) is 0.840. The van der Waals surface area contributed by atoms with Gasteiger partial charge in [0.2, 0.25) is 0 Å². The molecule has 0 spiro atoms. The van der Waals surface area contributed by atoms with Crippen molar-refractivity contribution in [2.24, 2.45) is 5.92 Å². The van der Waals surface area contributed by atoms with Gasteiger partial charge < -0.3 is 10.0 Å². The van der Waals surface area contributed by atoms with Crippen molar-refractivity contribution in [1.29, 1.82) is 0 Å². The summed E-state index contributed by atoms with van der Waals surface area (Å²) in [7, 11) is 0. The van der Waals surface area contributed by atoms with Crippen molar-refractivity contribution >= 4 is 28.1 Å². The number of thiazole rings is 1. The first-order valence-corrected chi connectivity index (χ1v) is 6.95. The molecule has 3 nitrogen and oxygen atoms in total. The third-order valence-corrected chi connectivity index (χ3v) is 4.25. The van der Waals surface area contributed by atoms with Crippen LogP contribution in [0.3, 0.4) is 0 Å². The van der Waals surface area contributed by atoms with Crippen molar-refractivity contribution in [1.82, 2.24) is 4.98 Å². The fourth-order valence-corrected chi connectivity index (χ4v) is 2.85. The fourth-order valence-electron chi connectivity index (χ4n) is 1.70. The first-order chi connectivity index (χ1) is 7.74. The molecule has 0 unspecified atom stereocenters. The van der Waals surface area contributed by atoms with E-state index in [0.717, 1.165) is 35.4 Å². The lowest BCUT2D eigenvalue weighted by Crippen LogP contribution is -2.26. The predicted octanol–water partition coefficient (Wildman–Crippen LogP) is 2.92. The molecule has 0 radical (unpaired) electrons. The van der Waals surface area contributed by atoms with Gasteiger partial charge in [-0.1, -0.05) is 29.9 Å². The molecule has 0 bridgehead atoms. The first-order valence-electron chi connectivity index (χ1n) is 5.75. The fraction of sp³-hybridized carbons (Fsp3) is 0.727. The van der Waals surface area contributed by atoms with Gasteiger partial charge in [-0.3, -0.25) is 0 Å². The normalized spacial score (nSPS) is 15.4. The van der Waals surface area contributed by atoms with E-state index in [1.807, 2.05) is 0 Å². The first kappa shape index (κ1) is 12.1. The number of hydrogen-bond donors (Lipinski definition) is 1. The van der Waals surface area contributed by atoms with E-state index < -0.39 is 0 Å². The number of nitrogens with zero attached hydrogens (tertiary/aromatic N) is 2. The summed E-state index contributed by atoms with van der Waals surface area (Å²) in [6, 6.07) is 0. The second kappa shape index (κ2) is 5.34. The Morgan fingerprint density at radius 3 is 2.81 bits per heavy atom. The lowest BCUT2D eigenvalue weighted by molar-refractivity contribution is 0.285. The van der Waals surface area contributed by atoms with E-state index in [2.05, 4.69) is 16.8 Å². The Kier molecular flexibility index (Phi) is 4.05. The number of anilines is 1. The van der Waals surface area contributed by atoms with Crippen LogP contribution in [0.2, 0.25) is 5.15 Å². The average molecular weight is 261 g/mol. The molecular weight excluding hydrogens is 244 g/mol. The van der Waals surface area contributed by atoms with Gasteiger partial charge in [-0.25, -0.2) is 4.98 Å². The molecule has 1 aliphatic carbocycles. The number of halogens is 1. The van der Waals surface area contributed by atoms with Crippen molar-refractivity contribution in [3.8, 4) is 0 Å². The molecule has 16 heavy (non-hydrogen) atoms. The quantitative estimate of drug-likeness (QED) is 0.854. The monoisotopic (exact) mass is 260 g/mol. The third kappa shape index (κ3) is 2.87. The Bertz CT molecular complexity index is 352. The molecule has 1 saturated carbocycles. The van der Waals surface area contributed by atoms with Crippen LogP contribution < -0.4 is 4.90 Å². The maximum absolute atomic E-state index is 9.11. The number of rotatable bonds is 6. The highest BCUT2D eigenvalue weighted by Crippen LogP contribution is 2.34. The summed E-state index contributed by atoms with van der Waals surface area (Å²) in [4.78, 5) is 7.40. The van der Waals surface area contributed by atoms with Crippen LogP contribution in [0.1, 0.15) is 31.1 Å². The molecule has 0 amide bonds.